The summed E-state index contributed by atoms with van der Waals surface area (Å²) in [7, 11) is 3.99. The van der Waals surface area contributed by atoms with Gasteiger partial charge in [0.25, 0.3) is 5.91 Å². The Hall–Kier alpha value is -2.10. The zero-order valence-corrected chi connectivity index (χ0v) is 11.8. The van der Waals surface area contributed by atoms with Gasteiger partial charge in [-0.1, -0.05) is 26.0 Å². The standard InChI is InChI=1S/C15H19N3O/c1-10(2)14-16-13(15(19)17-14)9-11-5-7-12(8-6-11)18(3)4/h5-10H,1-4H3,(H,16,17,19)/b13-9+. The lowest BCUT2D eigenvalue weighted by Gasteiger charge is -2.11. The Morgan fingerprint density at radius 2 is 1.84 bits per heavy atom. The summed E-state index contributed by atoms with van der Waals surface area (Å²) in [6.45, 7) is 4.02. The summed E-state index contributed by atoms with van der Waals surface area (Å²) < 4.78 is 0. The first-order chi connectivity index (χ1) is 8.97. The molecular formula is C15H19N3O. The monoisotopic (exact) mass is 257 g/mol. The van der Waals surface area contributed by atoms with Crippen LogP contribution in [-0.2, 0) is 4.79 Å². The SMILES string of the molecule is CC(C)C1=N/C(=C/c2ccc(N(C)C)cc2)C(=O)N1. The van der Waals surface area contributed by atoms with E-state index in [-0.39, 0.29) is 11.8 Å². The largest absolute Gasteiger partial charge is 0.378 e. The quantitative estimate of drug-likeness (QED) is 0.844. The van der Waals surface area contributed by atoms with Crippen LogP contribution < -0.4 is 10.2 Å². The molecule has 0 atom stereocenters. The lowest BCUT2D eigenvalue weighted by molar-refractivity contribution is -0.115. The second-order valence-electron chi connectivity index (χ2n) is 5.12. The number of rotatable bonds is 3. The molecule has 0 aromatic heterocycles. The van der Waals surface area contributed by atoms with Gasteiger partial charge >= 0.3 is 0 Å². The molecule has 0 unspecified atom stereocenters. The third-order valence-corrected chi connectivity index (χ3v) is 2.97. The Balaban J connectivity index is 2.24. The van der Waals surface area contributed by atoms with Crippen molar-refractivity contribution in [3.8, 4) is 0 Å². The highest BCUT2D eigenvalue weighted by molar-refractivity contribution is 6.14. The van der Waals surface area contributed by atoms with Crippen LogP contribution in [0.25, 0.3) is 6.08 Å². The number of carbonyl (C=O) groups is 1. The number of carbonyl (C=O) groups excluding carboxylic acids is 1. The van der Waals surface area contributed by atoms with Gasteiger partial charge in [-0.15, -0.1) is 0 Å². The molecule has 19 heavy (non-hydrogen) atoms. The Labute approximate surface area is 113 Å². The fraction of sp³-hybridized carbons (Fsp3) is 0.333. The number of hydrogen-bond acceptors (Lipinski definition) is 3. The second-order valence-corrected chi connectivity index (χ2v) is 5.12. The lowest BCUT2D eigenvalue weighted by atomic mass is 10.1. The molecule has 0 spiro atoms. The number of hydrogen-bond donors (Lipinski definition) is 1. The van der Waals surface area contributed by atoms with E-state index in [1.165, 1.54) is 0 Å². The zero-order chi connectivity index (χ0) is 14.0. The van der Waals surface area contributed by atoms with Crippen molar-refractivity contribution in [1.29, 1.82) is 0 Å². The van der Waals surface area contributed by atoms with Gasteiger partial charge in [0.05, 0.1) is 0 Å². The summed E-state index contributed by atoms with van der Waals surface area (Å²) >= 11 is 0. The molecular weight excluding hydrogens is 238 g/mol. The molecule has 1 aromatic rings. The minimum Gasteiger partial charge on any atom is -0.378 e. The van der Waals surface area contributed by atoms with Crippen LogP contribution in [0.5, 0.6) is 0 Å². The molecule has 2 rings (SSSR count). The highest BCUT2D eigenvalue weighted by atomic mass is 16.2. The fourth-order valence-electron chi connectivity index (χ4n) is 1.79. The maximum Gasteiger partial charge on any atom is 0.275 e. The van der Waals surface area contributed by atoms with Crippen molar-refractivity contribution in [2.24, 2.45) is 10.9 Å². The van der Waals surface area contributed by atoms with Crippen molar-refractivity contribution in [3.63, 3.8) is 0 Å². The summed E-state index contributed by atoms with van der Waals surface area (Å²) in [6.07, 6.45) is 1.81. The van der Waals surface area contributed by atoms with E-state index < -0.39 is 0 Å². The van der Waals surface area contributed by atoms with Crippen molar-refractivity contribution in [2.45, 2.75) is 13.8 Å². The number of aliphatic imine (C=N–C) groups is 1. The van der Waals surface area contributed by atoms with Gasteiger partial charge in [-0.05, 0) is 23.8 Å². The van der Waals surface area contributed by atoms with Crippen LogP contribution in [0.1, 0.15) is 19.4 Å². The van der Waals surface area contributed by atoms with E-state index in [1.54, 1.807) is 0 Å². The first-order valence-electron chi connectivity index (χ1n) is 6.36. The molecule has 0 saturated heterocycles. The van der Waals surface area contributed by atoms with Crippen molar-refractivity contribution in [2.75, 3.05) is 19.0 Å². The highest BCUT2D eigenvalue weighted by Crippen LogP contribution is 2.17. The smallest absolute Gasteiger partial charge is 0.275 e. The molecule has 0 aliphatic carbocycles. The Bertz CT molecular complexity index is 539. The average Bonchev–Trinajstić information content (AvgIpc) is 2.72. The number of nitrogens with zero attached hydrogens (tertiary/aromatic N) is 2. The van der Waals surface area contributed by atoms with E-state index in [0.29, 0.717) is 5.70 Å². The fourth-order valence-corrected chi connectivity index (χ4v) is 1.79. The molecule has 1 aliphatic rings. The van der Waals surface area contributed by atoms with Gasteiger partial charge in [-0.3, -0.25) is 4.79 Å². The second kappa shape index (κ2) is 5.26. The van der Waals surface area contributed by atoms with Crippen molar-refractivity contribution >= 4 is 23.5 Å². The number of anilines is 1. The number of amidine groups is 1. The van der Waals surface area contributed by atoms with Gasteiger partial charge in [0, 0.05) is 25.7 Å². The highest BCUT2D eigenvalue weighted by Gasteiger charge is 2.21. The molecule has 1 aromatic carbocycles. The van der Waals surface area contributed by atoms with Crippen LogP contribution in [-0.4, -0.2) is 25.8 Å². The molecule has 1 aliphatic heterocycles. The predicted molar refractivity (Wildman–Crippen MR) is 79.2 cm³/mol. The van der Waals surface area contributed by atoms with Crippen LogP contribution >= 0.6 is 0 Å². The van der Waals surface area contributed by atoms with Crippen LogP contribution in [0.4, 0.5) is 5.69 Å². The summed E-state index contributed by atoms with van der Waals surface area (Å²) in [5.41, 5.74) is 2.58. The maximum absolute atomic E-state index is 11.8. The first kappa shape index (κ1) is 13.3. The van der Waals surface area contributed by atoms with Gasteiger partial charge < -0.3 is 10.2 Å². The molecule has 0 bridgehead atoms. The van der Waals surface area contributed by atoms with Gasteiger partial charge in [0.1, 0.15) is 11.5 Å². The number of nitrogens with one attached hydrogen (secondary N) is 1. The van der Waals surface area contributed by atoms with E-state index in [2.05, 4.69) is 10.3 Å². The van der Waals surface area contributed by atoms with E-state index >= 15 is 0 Å². The van der Waals surface area contributed by atoms with E-state index in [9.17, 15) is 4.79 Å². The zero-order valence-electron chi connectivity index (χ0n) is 11.8. The Morgan fingerprint density at radius 1 is 1.21 bits per heavy atom. The van der Waals surface area contributed by atoms with Crippen molar-refractivity contribution < 1.29 is 4.79 Å². The minimum absolute atomic E-state index is 0.125. The lowest BCUT2D eigenvalue weighted by Crippen LogP contribution is -2.27. The van der Waals surface area contributed by atoms with E-state index in [0.717, 1.165) is 17.1 Å². The first-order valence-corrected chi connectivity index (χ1v) is 6.36. The summed E-state index contributed by atoms with van der Waals surface area (Å²) in [5, 5.41) is 2.79. The van der Waals surface area contributed by atoms with E-state index in [4.69, 9.17) is 0 Å². The maximum atomic E-state index is 11.8. The molecule has 1 amide bonds. The van der Waals surface area contributed by atoms with Gasteiger partial charge in [0.15, 0.2) is 0 Å². The van der Waals surface area contributed by atoms with Crippen LogP contribution in [0.3, 0.4) is 0 Å². The summed E-state index contributed by atoms with van der Waals surface area (Å²) in [6, 6.07) is 8.01. The molecule has 1 N–H and O–H groups in total. The summed E-state index contributed by atoms with van der Waals surface area (Å²) in [5.74, 6) is 0.840. The van der Waals surface area contributed by atoms with Crippen molar-refractivity contribution in [3.05, 3.63) is 35.5 Å². The van der Waals surface area contributed by atoms with E-state index in [1.807, 2.05) is 63.2 Å². The molecule has 4 heteroatoms. The minimum atomic E-state index is -0.125. The number of amides is 1. The van der Waals surface area contributed by atoms with Crippen molar-refractivity contribution in [1.82, 2.24) is 5.32 Å². The van der Waals surface area contributed by atoms with Crippen LogP contribution in [0.2, 0.25) is 0 Å². The van der Waals surface area contributed by atoms with Gasteiger partial charge in [-0.2, -0.15) is 0 Å². The van der Waals surface area contributed by atoms with Gasteiger partial charge in [0.2, 0.25) is 0 Å². The Kier molecular flexibility index (Phi) is 3.69. The topological polar surface area (TPSA) is 44.7 Å². The van der Waals surface area contributed by atoms with Crippen LogP contribution in [0.15, 0.2) is 35.0 Å². The molecule has 0 saturated carbocycles. The number of benzene rings is 1. The Morgan fingerprint density at radius 3 is 2.32 bits per heavy atom. The average molecular weight is 257 g/mol. The summed E-state index contributed by atoms with van der Waals surface area (Å²) in [4.78, 5) is 18.1. The predicted octanol–water partition coefficient (Wildman–Crippen LogP) is 2.28. The molecule has 0 radical (unpaired) electrons. The normalized spacial score (nSPS) is 16.8. The van der Waals surface area contributed by atoms with Crippen LogP contribution in [0, 0.1) is 5.92 Å². The molecule has 4 nitrogen and oxygen atoms in total. The molecule has 0 fully saturated rings. The molecule has 100 valence electrons. The molecule has 1 heterocycles. The third kappa shape index (κ3) is 3.02. The third-order valence-electron chi connectivity index (χ3n) is 2.97. The van der Waals surface area contributed by atoms with Gasteiger partial charge in [-0.25, -0.2) is 4.99 Å².